The highest BCUT2D eigenvalue weighted by Gasteiger charge is 2.44. The molecule has 0 unspecified atom stereocenters. The van der Waals surface area contributed by atoms with Crippen LogP contribution in [0, 0.1) is 24.8 Å². The molecular weight excluding hydrogens is 1100 g/mol. The van der Waals surface area contributed by atoms with Crippen LogP contribution in [0.15, 0.2) is 46.2 Å². The maximum atomic E-state index is 15.4. The van der Waals surface area contributed by atoms with Crippen LogP contribution >= 0.6 is 11.6 Å². The van der Waals surface area contributed by atoms with Gasteiger partial charge >= 0.3 is 11.4 Å². The van der Waals surface area contributed by atoms with Gasteiger partial charge in [0.15, 0.2) is 5.82 Å². The second kappa shape index (κ2) is 24.5. The maximum Gasteiger partial charge on any atom is 0.368 e. The first-order valence-electron chi connectivity index (χ1n) is 27.1. The van der Waals surface area contributed by atoms with E-state index in [0.29, 0.717) is 35.4 Å². The Labute approximate surface area is 483 Å². The van der Waals surface area contributed by atoms with Crippen LogP contribution in [0.2, 0.25) is 5.28 Å². The molecule has 0 spiro atoms. The SMILES string of the molecule is Cn1nnn(-c2cc(N)c(F)cc2OC(C)(C)CO)c1=O.[C-]#[N+]c1cnc(Cl)nc1N[C@@H]1C[C@@H]2CCCN2C(C)(C)C1.[C-]#[N+]c1cnc(Nc2cc(-n3nnn(C)c3=O)c(OC(C)(C)CO)cc2F)nc1N[C@@H]1C[C@@H]2CCCN2C(C)(C)C1. The van der Waals surface area contributed by atoms with Gasteiger partial charge in [-0.3, -0.25) is 9.80 Å². The third-order valence-electron chi connectivity index (χ3n) is 15.2. The molecule has 83 heavy (non-hydrogen) atoms. The predicted octanol–water partition coefficient (Wildman–Crippen LogP) is 6.49. The molecule has 8 heterocycles. The number of aromatic nitrogens is 12. The molecule has 2 aromatic carbocycles. The number of aliphatic hydroxyl groups is 2. The topological polar surface area (TPSA) is 293 Å². The van der Waals surface area contributed by atoms with E-state index in [2.05, 4.69) is 104 Å². The lowest BCUT2D eigenvalue weighted by atomic mass is 9.84. The van der Waals surface area contributed by atoms with E-state index in [9.17, 15) is 24.2 Å². The molecule has 10 rings (SSSR count). The monoisotopic (exact) mass is 1170 g/mol. The Morgan fingerprint density at radius 3 is 1.64 bits per heavy atom. The fraction of sp³-hybridized carbons (Fsp3) is 0.556. The van der Waals surface area contributed by atoms with E-state index in [1.165, 1.54) is 64.4 Å². The fourth-order valence-corrected chi connectivity index (χ4v) is 11.3. The van der Waals surface area contributed by atoms with Crippen molar-refractivity contribution in [2.75, 3.05) is 48.0 Å². The zero-order chi connectivity index (χ0) is 60.3. The van der Waals surface area contributed by atoms with E-state index in [0.717, 1.165) is 69.5 Å². The number of anilines is 5. The lowest BCUT2D eigenvalue weighted by molar-refractivity contribution is 0.0407. The van der Waals surface area contributed by atoms with Crippen LogP contribution in [0.1, 0.15) is 107 Å². The van der Waals surface area contributed by atoms with Crippen molar-refractivity contribution in [1.29, 1.82) is 0 Å². The van der Waals surface area contributed by atoms with Gasteiger partial charge in [-0.05, 0) is 164 Å². The number of ether oxygens (including phenoxy) is 2. The highest BCUT2D eigenvalue weighted by Crippen LogP contribution is 2.42. The van der Waals surface area contributed by atoms with Crippen molar-refractivity contribution in [3.8, 4) is 22.9 Å². The predicted molar refractivity (Wildman–Crippen MR) is 307 cm³/mol. The Bertz CT molecular complexity index is 3530. The molecule has 0 saturated carbocycles. The number of hydrogen-bond acceptors (Lipinski definition) is 20. The fourth-order valence-electron chi connectivity index (χ4n) is 11.2. The summed E-state index contributed by atoms with van der Waals surface area (Å²) >= 11 is 5.86. The van der Waals surface area contributed by atoms with Crippen LogP contribution in [0.5, 0.6) is 11.5 Å². The minimum absolute atomic E-state index is 0.0119. The van der Waals surface area contributed by atoms with Crippen molar-refractivity contribution in [3.63, 3.8) is 0 Å². The molecule has 4 aliphatic rings. The number of piperidine rings is 2. The highest BCUT2D eigenvalue weighted by molar-refractivity contribution is 6.28. The number of tetrazole rings is 2. The van der Waals surface area contributed by atoms with Crippen LogP contribution in [0.25, 0.3) is 21.1 Å². The van der Waals surface area contributed by atoms with Crippen LogP contribution in [-0.2, 0) is 14.1 Å². The Morgan fingerprint density at radius 1 is 0.723 bits per heavy atom. The van der Waals surface area contributed by atoms with E-state index in [1.54, 1.807) is 27.7 Å². The summed E-state index contributed by atoms with van der Waals surface area (Å²) < 4.78 is 44.4. The van der Waals surface area contributed by atoms with E-state index >= 15 is 4.39 Å². The molecule has 26 nitrogen and oxygen atoms in total. The first-order chi connectivity index (χ1) is 39.1. The number of benzene rings is 2. The average Bonchev–Trinajstić information content (AvgIpc) is 4.47. The second-order valence-corrected chi connectivity index (χ2v) is 23.9. The number of hydrogen-bond donors (Lipinski definition) is 6. The maximum absolute atomic E-state index is 15.4. The first kappa shape index (κ1) is 61.2. The molecule has 0 radical (unpaired) electrons. The number of nitrogens with zero attached hydrogens (tertiary/aromatic N) is 16. The van der Waals surface area contributed by atoms with Crippen LogP contribution in [0.4, 0.5) is 49.1 Å². The molecule has 4 atom stereocenters. The van der Waals surface area contributed by atoms with Gasteiger partial charge in [0, 0.05) is 73.9 Å². The Morgan fingerprint density at radius 2 is 1.18 bits per heavy atom. The summed E-state index contributed by atoms with van der Waals surface area (Å²) in [5, 5.41) is 43.7. The van der Waals surface area contributed by atoms with Crippen molar-refractivity contribution in [1.82, 2.24) is 69.3 Å². The smallest absolute Gasteiger partial charge is 0.368 e. The van der Waals surface area contributed by atoms with E-state index in [1.807, 2.05) is 0 Å². The van der Waals surface area contributed by atoms with E-state index < -0.39 is 34.2 Å². The lowest BCUT2D eigenvalue weighted by Crippen LogP contribution is -2.55. The van der Waals surface area contributed by atoms with Crippen LogP contribution in [0.3, 0.4) is 0 Å². The number of fused-ring (bicyclic) bond motifs is 2. The number of aryl methyl sites for hydroxylation is 2. The quantitative estimate of drug-likeness (QED) is 0.0386. The number of halogens is 3. The highest BCUT2D eigenvalue weighted by atomic mass is 35.5. The third kappa shape index (κ3) is 14.0. The summed E-state index contributed by atoms with van der Waals surface area (Å²) in [7, 11) is 2.86. The van der Waals surface area contributed by atoms with Crippen molar-refractivity contribution in [3.05, 3.63) is 97.4 Å². The Balaban J connectivity index is 0.000000180. The number of nitrogen functional groups attached to an aromatic ring is 1. The number of aliphatic hydroxyl groups excluding tert-OH is 2. The summed E-state index contributed by atoms with van der Waals surface area (Å²) in [6.45, 7) is 32.1. The third-order valence-corrected chi connectivity index (χ3v) is 15.3. The first-order valence-corrected chi connectivity index (χ1v) is 27.5. The molecule has 4 fully saturated rings. The molecule has 4 saturated heterocycles. The van der Waals surface area contributed by atoms with Crippen molar-refractivity contribution < 1.29 is 28.5 Å². The van der Waals surface area contributed by atoms with Gasteiger partial charge in [-0.25, -0.2) is 48.0 Å². The van der Waals surface area contributed by atoms with Crippen LogP contribution in [-0.4, -0.2) is 152 Å². The molecule has 444 valence electrons. The zero-order valence-electron chi connectivity index (χ0n) is 48.2. The van der Waals surface area contributed by atoms with Gasteiger partial charge in [0.25, 0.3) is 0 Å². The van der Waals surface area contributed by atoms with E-state index in [-0.39, 0.29) is 81.5 Å². The van der Waals surface area contributed by atoms with Gasteiger partial charge in [-0.2, -0.15) is 18.7 Å². The standard InChI is InChI=1S/C27H35FN10O3.C15H20ClN5.C12H16FN5O3/c1-26(2)13-16(10-17-8-7-9-37(17)26)31-23-20(29-5)14-30-24(33-23)32-19-12-21(38-25(40)36(6)34-35-38)22(11-18(19)28)41-27(3,4)15-39;1-15(2)8-10(7-11-5-4-6-21(11)15)19-13-12(17-3)9-18-14(16)20-13;1-12(2,6-19)21-10-4-7(13)8(14)5-9(10)18-11(20)17(3)15-16-18/h11-12,14,16-17,39H,7-10,13,15H2,1-4,6H3,(H2,30,31,32,33);9-11H,4-8H2,1-2H3,(H,18,19,20);4-5,19H,6,14H2,1-3H3/t16-,17+;10-,11+;/m11./s1. The molecule has 6 aromatic rings. The van der Waals surface area contributed by atoms with Crippen molar-refractivity contribution >= 4 is 51.9 Å². The minimum atomic E-state index is -1.07. The molecular formula is C54H71ClF2N20O6. The Hall–Kier alpha value is -7.89. The van der Waals surface area contributed by atoms with Gasteiger partial charge in [0.2, 0.25) is 22.6 Å². The Kier molecular flexibility index (Phi) is 18.1. The molecule has 29 heteroatoms. The number of nitrogens with two attached hydrogens (primary N) is 1. The second-order valence-electron chi connectivity index (χ2n) is 23.6. The van der Waals surface area contributed by atoms with E-state index in [4.69, 9.17) is 40.0 Å². The van der Waals surface area contributed by atoms with Gasteiger partial charge < -0.3 is 41.4 Å². The summed E-state index contributed by atoms with van der Waals surface area (Å²) in [6.07, 6.45) is 11.8. The zero-order valence-corrected chi connectivity index (χ0v) is 48.9. The van der Waals surface area contributed by atoms with Gasteiger partial charge in [-0.1, -0.05) is 0 Å². The lowest BCUT2D eigenvalue weighted by Gasteiger charge is -2.48. The molecule has 4 aromatic heterocycles. The summed E-state index contributed by atoms with van der Waals surface area (Å²) in [5.74, 6) is -0.377. The van der Waals surface area contributed by atoms with Crippen molar-refractivity contribution in [2.45, 2.75) is 153 Å². The molecule has 0 aliphatic carbocycles. The summed E-state index contributed by atoms with van der Waals surface area (Å²) in [4.78, 5) is 53.6. The largest absolute Gasteiger partial charge is 0.483 e. The van der Waals surface area contributed by atoms with Crippen LogP contribution < -0.4 is 42.5 Å². The number of nitrogens with one attached hydrogen (secondary N) is 3. The average molecular weight is 1170 g/mol. The molecule has 7 N–H and O–H groups in total. The molecule has 0 amide bonds. The minimum Gasteiger partial charge on any atom is -0.483 e. The molecule has 4 aliphatic heterocycles. The molecule has 0 bridgehead atoms. The van der Waals surface area contributed by atoms with Gasteiger partial charge in [-0.15, -0.1) is 0 Å². The number of rotatable bonds is 14. The van der Waals surface area contributed by atoms with Gasteiger partial charge in [0.05, 0.1) is 37.7 Å². The van der Waals surface area contributed by atoms with Crippen molar-refractivity contribution in [2.24, 2.45) is 14.1 Å². The normalized spacial score (nSPS) is 20.1. The summed E-state index contributed by atoms with van der Waals surface area (Å²) in [6, 6.07) is 6.28. The summed E-state index contributed by atoms with van der Waals surface area (Å²) in [5.41, 5.74) is 3.35. The van der Waals surface area contributed by atoms with Gasteiger partial charge in [0.1, 0.15) is 51.5 Å².